The Bertz CT molecular complexity index is 169. The number of hydrogen-bond acceptors (Lipinski definition) is 3. The molecule has 0 radical (unpaired) electrons. The van der Waals surface area contributed by atoms with Crippen LogP contribution in [0.2, 0.25) is 0 Å². The van der Waals surface area contributed by atoms with E-state index in [0.717, 1.165) is 6.42 Å². The Kier molecular flexibility index (Phi) is 7.00. The molecule has 0 bridgehead atoms. The Morgan fingerprint density at radius 3 is 2.82 bits per heavy atom. The fourth-order valence-corrected chi connectivity index (χ4v) is 0.758. The quantitative estimate of drug-likeness (QED) is 0.360. The summed E-state index contributed by atoms with van der Waals surface area (Å²) in [5.41, 5.74) is 0. The van der Waals surface area contributed by atoms with E-state index >= 15 is 0 Å². The largest absolute Gasteiger partial charge is 0.474 e. The molecular weight excluding hydrogens is 160 g/mol. The van der Waals surface area contributed by atoms with Crippen molar-refractivity contribution in [2.75, 3.05) is 12.9 Å². The second kappa shape index (κ2) is 7.45. The van der Waals surface area contributed by atoms with Gasteiger partial charge in [-0.05, 0) is 12.7 Å². The predicted octanol–water partition coefficient (Wildman–Crippen LogP) is 2.01. The summed E-state index contributed by atoms with van der Waals surface area (Å²) >= 11 is 1.26. The molecule has 3 heteroatoms. The number of carbonyl (C=O) groups excluding carboxylic acids is 1. The van der Waals surface area contributed by atoms with E-state index in [4.69, 9.17) is 4.74 Å². The molecule has 0 amide bonds. The normalized spacial score (nSPS) is 9.64. The van der Waals surface area contributed by atoms with Gasteiger partial charge in [-0.3, -0.25) is 0 Å². The monoisotopic (exact) mass is 172 g/mol. The minimum absolute atomic E-state index is 0.311. The number of rotatable bonds is 5. The minimum atomic E-state index is 0.311. The van der Waals surface area contributed by atoms with E-state index in [-0.39, 0.29) is 0 Å². The van der Waals surface area contributed by atoms with Crippen molar-refractivity contribution in [2.45, 2.75) is 13.3 Å². The lowest BCUT2D eigenvalue weighted by atomic mass is 10.4. The molecule has 0 heterocycles. The topological polar surface area (TPSA) is 26.3 Å². The van der Waals surface area contributed by atoms with Gasteiger partial charge in [-0.2, -0.15) is 0 Å². The van der Waals surface area contributed by atoms with Gasteiger partial charge >= 0.3 is 0 Å². The first-order chi connectivity index (χ1) is 5.35. The van der Waals surface area contributed by atoms with Crippen LogP contribution in [0, 0.1) is 0 Å². The third-order valence-corrected chi connectivity index (χ3v) is 1.55. The van der Waals surface area contributed by atoms with Crippen LogP contribution in [-0.4, -0.2) is 18.8 Å². The predicted molar refractivity (Wildman–Crippen MR) is 48.1 cm³/mol. The Morgan fingerprint density at radius 2 is 2.36 bits per heavy atom. The maximum Gasteiger partial charge on any atom is 0.239 e. The number of ether oxygens (including phenoxy) is 1. The number of hydrogen-bond donors (Lipinski definition) is 0. The van der Waals surface area contributed by atoms with Crippen molar-refractivity contribution in [3.63, 3.8) is 0 Å². The molecule has 0 fully saturated rings. The average Bonchev–Trinajstić information content (AvgIpc) is 2.05. The molecule has 0 aromatic rings. The van der Waals surface area contributed by atoms with Gasteiger partial charge in [-0.25, -0.2) is 4.79 Å². The lowest BCUT2D eigenvalue weighted by Gasteiger charge is -1.98. The van der Waals surface area contributed by atoms with Crippen LogP contribution in [0.5, 0.6) is 0 Å². The molecule has 0 N–H and O–H groups in total. The van der Waals surface area contributed by atoms with E-state index in [9.17, 15) is 4.79 Å². The fraction of sp³-hybridized carbons (Fsp3) is 0.500. The van der Waals surface area contributed by atoms with Gasteiger partial charge in [0, 0.05) is 0 Å². The van der Waals surface area contributed by atoms with Gasteiger partial charge in [0.2, 0.25) is 5.09 Å². The van der Waals surface area contributed by atoms with Crippen molar-refractivity contribution in [1.29, 1.82) is 0 Å². The van der Waals surface area contributed by atoms with Gasteiger partial charge in [0.15, 0.2) is 5.94 Å². The molecule has 2 nitrogen and oxygen atoms in total. The second-order valence-corrected chi connectivity index (χ2v) is 2.56. The van der Waals surface area contributed by atoms with Crippen molar-refractivity contribution in [3.8, 4) is 0 Å². The lowest BCUT2D eigenvalue weighted by molar-refractivity contribution is 0.280. The van der Waals surface area contributed by atoms with Crippen molar-refractivity contribution >= 4 is 17.7 Å². The van der Waals surface area contributed by atoms with Gasteiger partial charge in [0.05, 0.1) is 0 Å². The highest BCUT2D eigenvalue weighted by atomic mass is 32.2. The molecule has 0 aromatic heterocycles. The number of allylic oxidation sites excluding steroid dienone is 1. The van der Waals surface area contributed by atoms with Crippen LogP contribution in [0.15, 0.2) is 17.2 Å². The standard InChI is InChI=1S/C8H12O2S/c1-3-4-5-6-10-8(7-9)11-2/h4-5H,3,6H2,1-2H3/b5-4-. The zero-order chi connectivity index (χ0) is 8.53. The molecule has 0 rings (SSSR count). The molecule has 0 saturated heterocycles. The molecule has 0 aromatic carbocycles. The van der Waals surface area contributed by atoms with E-state index in [1.807, 2.05) is 19.1 Å². The van der Waals surface area contributed by atoms with Crippen LogP contribution in [0.4, 0.5) is 0 Å². The summed E-state index contributed by atoms with van der Waals surface area (Å²) in [5.74, 6) is 1.70. The molecule has 0 aliphatic rings. The third-order valence-electron chi connectivity index (χ3n) is 0.982. The van der Waals surface area contributed by atoms with Crippen LogP contribution in [0.1, 0.15) is 13.3 Å². The van der Waals surface area contributed by atoms with Crippen molar-refractivity contribution in [3.05, 3.63) is 17.2 Å². The number of thioether (sulfide) groups is 1. The zero-order valence-electron chi connectivity index (χ0n) is 6.79. The minimum Gasteiger partial charge on any atom is -0.474 e. The van der Waals surface area contributed by atoms with Crippen LogP contribution in [0.25, 0.3) is 0 Å². The van der Waals surface area contributed by atoms with Crippen molar-refractivity contribution in [2.24, 2.45) is 0 Å². The Hall–Kier alpha value is -0.660. The van der Waals surface area contributed by atoms with E-state index in [1.165, 1.54) is 11.8 Å². The first kappa shape index (κ1) is 10.3. The summed E-state index contributed by atoms with van der Waals surface area (Å²) in [4.78, 5) is 10.1. The highest BCUT2D eigenvalue weighted by Gasteiger charge is 1.91. The van der Waals surface area contributed by atoms with Gasteiger partial charge in [0.1, 0.15) is 6.61 Å². The highest BCUT2D eigenvalue weighted by Crippen LogP contribution is 2.07. The van der Waals surface area contributed by atoms with E-state index in [0.29, 0.717) is 11.7 Å². The molecular formula is C8H12O2S. The van der Waals surface area contributed by atoms with Crippen molar-refractivity contribution in [1.82, 2.24) is 0 Å². The fourth-order valence-electron chi connectivity index (χ4n) is 0.489. The van der Waals surface area contributed by atoms with Crippen molar-refractivity contribution < 1.29 is 9.53 Å². The lowest BCUT2D eigenvalue weighted by Crippen LogP contribution is -1.88. The first-order valence-corrected chi connectivity index (χ1v) is 4.64. The SMILES string of the molecule is CC/C=C\COC(=C=O)SC. The summed E-state index contributed by atoms with van der Waals surface area (Å²) in [6, 6.07) is 0. The van der Waals surface area contributed by atoms with Gasteiger partial charge in [0.25, 0.3) is 0 Å². The van der Waals surface area contributed by atoms with Crippen LogP contribution >= 0.6 is 11.8 Å². The first-order valence-electron chi connectivity index (χ1n) is 3.42. The van der Waals surface area contributed by atoms with E-state index in [2.05, 4.69) is 0 Å². The summed E-state index contributed by atoms with van der Waals surface area (Å²) in [7, 11) is 0. The Balaban J connectivity index is 3.53. The second-order valence-electron chi connectivity index (χ2n) is 1.78. The maximum atomic E-state index is 10.1. The van der Waals surface area contributed by atoms with Crippen LogP contribution < -0.4 is 0 Å². The maximum absolute atomic E-state index is 10.1. The highest BCUT2D eigenvalue weighted by molar-refractivity contribution is 8.02. The third kappa shape index (κ3) is 5.77. The molecule has 11 heavy (non-hydrogen) atoms. The summed E-state index contributed by atoms with van der Waals surface area (Å²) in [5, 5.41) is 0.311. The van der Waals surface area contributed by atoms with Crippen LogP contribution in [0.3, 0.4) is 0 Å². The van der Waals surface area contributed by atoms with Gasteiger partial charge in [-0.1, -0.05) is 30.8 Å². The molecule has 0 aliphatic heterocycles. The zero-order valence-corrected chi connectivity index (χ0v) is 7.61. The summed E-state index contributed by atoms with van der Waals surface area (Å²) < 4.78 is 5.01. The van der Waals surface area contributed by atoms with Gasteiger partial charge in [-0.15, -0.1) is 0 Å². The molecule has 62 valence electrons. The Morgan fingerprint density at radius 1 is 1.64 bits per heavy atom. The molecule has 0 aliphatic carbocycles. The molecule has 0 spiro atoms. The average molecular weight is 172 g/mol. The molecule has 0 atom stereocenters. The van der Waals surface area contributed by atoms with E-state index < -0.39 is 0 Å². The molecule has 0 unspecified atom stereocenters. The summed E-state index contributed by atoms with van der Waals surface area (Å²) in [6.45, 7) is 2.50. The summed E-state index contributed by atoms with van der Waals surface area (Å²) in [6.07, 6.45) is 6.64. The molecule has 0 saturated carbocycles. The van der Waals surface area contributed by atoms with E-state index in [1.54, 1.807) is 12.2 Å². The van der Waals surface area contributed by atoms with Crippen LogP contribution in [-0.2, 0) is 9.53 Å². The smallest absolute Gasteiger partial charge is 0.239 e. The Labute approximate surface area is 71.3 Å². The van der Waals surface area contributed by atoms with Gasteiger partial charge < -0.3 is 4.74 Å².